The molecule has 0 atom stereocenters. The van der Waals surface area contributed by atoms with Crippen molar-refractivity contribution in [1.29, 1.82) is 0 Å². The Labute approximate surface area is 132 Å². The Kier molecular flexibility index (Phi) is 6.38. The molecular weight excluding hydrogens is 277 g/mol. The third kappa shape index (κ3) is 4.55. The number of aryl methyl sites for hydroxylation is 1. The predicted octanol–water partition coefficient (Wildman–Crippen LogP) is 5.41. The van der Waals surface area contributed by atoms with Crippen molar-refractivity contribution in [3.8, 4) is 17.0 Å². The molecule has 2 rings (SSSR count). The van der Waals surface area contributed by atoms with Gasteiger partial charge in [0.2, 0.25) is 0 Å². The minimum Gasteiger partial charge on any atom is -0.493 e. The van der Waals surface area contributed by atoms with Crippen LogP contribution in [0.1, 0.15) is 45.1 Å². The summed E-state index contributed by atoms with van der Waals surface area (Å²) in [5.41, 5.74) is 2.32. The fourth-order valence-electron chi connectivity index (χ4n) is 2.31. The van der Waals surface area contributed by atoms with Gasteiger partial charge in [0.15, 0.2) is 0 Å². The molecule has 2 nitrogen and oxygen atoms in total. The second-order valence-electron chi connectivity index (χ2n) is 5.46. The zero-order valence-electron chi connectivity index (χ0n) is 13.4. The molecule has 0 fully saturated rings. The van der Waals surface area contributed by atoms with Gasteiger partial charge in [-0.25, -0.2) is 4.39 Å². The summed E-state index contributed by atoms with van der Waals surface area (Å²) in [5.74, 6) is 0.297. The highest BCUT2D eigenvalue weighted by Crippen LogP contribution is 2.25. The Balaban J connectivity index is 1.99. The topological polar surface area (TPSA) is 22.1 Å². The SMILES string of the molecule is CCCCCCOc1ccc(-c2ccc(CC)cn2)c(F)c1. The molecule has 2 aromatic rings. The van der Waals surface area contributed by atoms with Crippen molar-refractivity contribution >= 4 is 0 Å². The fraction of sp³-hybridized carbons (Fsp3) is 0.421. The van der Waals surface area contributed by atoms with E-state index in [-0.39, 0.29) is 5.82 Å². The first-order valence-corrected chi connectivity index (χ1v) is 8.12. The van der Waals surface area contributed by atoms with Crippen LogP contribution in [0.4, 0.5) is 4.39 Å². The number of nitrogens with zero attached hydrogens (tertiary/aromatic N) is 1. The highest BCUT2D eigenvalue weighted by molar-refractivity contribution is 5.61. The van der Waals surface area contributed by atoms with Crippen LogP contribution in [0.15, 0.2) is 36.5 Å². The Bertz CT molecular complexity index is 580. The van der Waals surface area contributed by atoms with Gasteiger partial charge in [0.25, 0.3) is 0 Å². The lowest BCUT2D eigenvalue weighted by molar-refractivity contribution is 0.303. The second kappa shape index (κ2) is 8.52. The van der Waals surface area contributed by atoms with Crippen LogP contribution >= 0.6 is 0 Å². The molecule has 0 unspecified atom stereocenters. The van der Waals surface area contributed by atoms with E-state index in [1.165, 1.54) is 18.9 Å². The first kappa shape index (κ1) is 16.5. The van der Waals surface area contributed by atoms with Crippen molar-refractivity contribution in [2.45, 2.75) is 46.0 Å². The minimum atomic E-state index is -0.289. The van der Waals surface area contributed by atoms with Gasteiger partial charge in [-0.1, -0.05) is 39.2 Å². The number of rotatable bonds is 8. The third-order valence-corrected chi connectivity index (χ3v) is 3.72. The van der Waals surface area contributed by atoms with Crippen LogP contribution in [0.3, 0.4) is 0 Å². The molecule has 0 aliphatic heterocycles. The van der Waals surface area contributed by atoms with Crippen LogP contribution in [0.25, 0.3) is 11.3 Å². The third-order valence-electron chi connectivity index (χ3n) is 3.72. The van der Waals surface area contributed by atoms with Crippen LogP contribution in [0.5, 0.6) is 5.75 Å². The maximum Gasteiger partial charge on any atom is 0.136 e. The maximum atomic E-state index is 14.2. The van der Waals surface area contributed by atoms with E-state index in [1.807, 2.05) is 18.2 Å². The minimum absolute atomic E-state index is 0.289. The van der Waals surface area contributed by atoms with Gasteiger partial charge in [0.05, 0.1) is 12.3 Å². The van der Waals surface area contributed by atoms with E-state index >= 15 is 0 Å². The molecule has 0 aliphatic carbocycles. The normalized spacial score (nSPS) is 10.7. The van der Waals surface area contributed by atoms with Crippen LogP contribution in [0.2, 0.25) is 0 Å². The van der Waals surface area contributed by atoms with Crippen molar-refractivity contribution in [3.63, 3.8) is 0 Å². The summed E-state index contributed by atoms with van der Waals surface area (Å²) >= 11 is 0. The number of benzene rings is 1. The molecule has 1 aromatic carbocycles. The number of ether oxygens (including phenoxy) is 1. The molecule has 118 valence electrons. The van der Waals surface area contributed by atoms with Gasteiger partial charge in [-0.2, -0.15) is 0 Å². The molecule has 1 aromatic heterocycles. The highest BCUT2D eigenvalue weighted by atomic mass is 19.1. The second-order valence-corrected chi connectivity index (χ2v) is 5.46. The molecule has 0 aliphatic rings. The predicted molar refractivity (Wildman–Crippen MR) is 88.6 cm³/mol. The molecule has 1 heterocycles. The first-order valence-electron chi connectivity index (χ1n) is 8.12. The van der Waals surface area contributed by atoms with E-state index in [9.17, 15) is 4.39 Å². The van der Waals surface area contributed by atoms with E-state index in [0.29, 0.717) is 23.6 Å². The van der Waals surface area contributed by atoms with Gasteiger partial charge in [0, 0.05) is 17.8 Å². The summed E-state index contributed by atoms with van der Waals surface area (Å²) in [6.45, 7) is 4.89. The monoisotopic (exact) mass is 301 g/mol. The van der Waals surface area contributed by atoms with Crippen LogP contribution in [-0.4, -0.2) is 11.6 Å². The standard InChI is InChI=1S/C19H24FNO/c1-3-5-6-7-12-22-16-9-10-17(18(20)13-16)19-11-8-15(4-2)14-21-19/h8-11,13-14H,3-7,12H2,1-2H3. The first-order chi connectivity index (χ1) is 10.7. The summed E-state index contributed by atoms with van der Waals surface area (Å²) < 4.78 is 19.8. The van der Waals surface area contributed by atoms with E-state index in [0.717, 1.165) is 24.8 Å². The van der Waals surface area contributed by atoms with Gasteiger partial charge >= 0.3 is 0 Å². The molecular formula is C19H24FNO. The molecule has 0 saturated carbocycles. The van der Waals surface area contributed by atoms with Gasteiger partial charge in [-0.05, 0) is 36.6 Å². The summed E-state index contributed by atoms with van der Waals surface area (Å²) in [7, 11) is 0. The van der Waals surface area contributed by atoms with Crippen molar-refractivity contribution in [1.82, 2.24) is 4.98 Å². The van der Waals surface area contributed by atoms with Gasteiger partial charge < -0.3 is 4.74 Å². The van der Waals surface area contributed by atoms with Crippen molar-refractivity contribution in [2.75, 3.05) is 6.61 Å². The molecule has 0 radical (unpaired) electrons. The number of hydrogen-bond acceptors (Lipinski definition) is 2. The number of pyridine rings is 1. The van der Waals surface area contributed by atoms with Gasteiger partial charge in [-0.3, -0.25) is 4.98 Å². The molecule has 0 saturated heterocycles. The summed E-state index contributed by atoms with van der Waals surface area (Å²) in [5, 5.41) is 0. The summed E-state index contributed by atoms with van der Waals surface area (Å²) in [4.78, 5) is 4.33. The summed E-state index contributed by atoms with van der Waals surface area (Å²) in [6.07, 6.45) is 7.32. The Morgan fingerprint density at radius 1 is 1.05 bits per heavy atom. The zero-order chi connectivity index (χ0) is 15.8. The molecule has 22 heavy (non-hydrogen) atoms. The zero-order valence-corrected chi connectivity index (χ0v) is 13.4. The molecule has 0 N–H and O–H groups in total. The average molecular weight is 301 g/mol. The fourth-order valence-corrected chi connectivity index (χ4v) is 2.31. The maximum absolute atomic E-state index is 14.2. The molecule has 0 spiro atoms. The summed E-state index contributed by atoms with van der Waals surface area (Å²) in [6, 6.07) is 8.85. The number of halogens is 1. The number of unbranched alkanes of at least 4 members (excludes halogenated alkanes) is 3. The Morgan fingerprint density at radius 3 is 2.55 bits per heavy atom. The number of hydrogen-bond donors (Lipinski definition) is 0. The lowest BCUT2D eigenvalue weighted by Gasteiger charge is -2.08. The molecule has 0 bridgehead atoms. The van der Waals surface area contributed by atoms with E-state index in [4.69, 9.17) is 4.74 Å². The van der Waals surface area contributed by atoms with Gasteiger partial charge in [-0.15, -0.1) is 0 Å². The average Bonchev–Trinajstić information content (AvgIpc) is 2.55. The number of aromatic nitrogens is 1. The highest BCUT2D eigenvalue weighted by Gasteiger charge is 2.08. The molecule has 0 amide bonds. The van der Waals surface area contributed by atoms with Crippen molar-refractivity contribution in [2.24, 2.45) is 0 Å². The largest absolute Gasteiger partial charge is 0.493 e. The Hall–Kier alpha value is -1.90. The van der Waals surface area contributed by atoms with Gasteiger partial charge in [0.1, 0.15) is 11.6 Å². The lowest BCUT2D eigenvalue weighted by atomic mass is 10.1. The smallest absolute Gasteiger partial charge is 0.136 e. The quantitative estimate of drug-likeness (QED) is 0.608. The van der Waals surface area contributed by atoms with Crippen molar-refractivity contribution < 1.29 is 9.13 Å². The lowest BCUT2D eigenvalue weighted by Crippen LogP contribution is -1.98. The van der Waals surface area contributed by atoms with E-state index < -0.39 is 0 Å². The van der Waals surface area contributed by atoms with Crippen LogP contribution in [0, 0.1) is 5.82 Å². The van der Waals surface area contributed by atoms with Crippen molar-refractivity contribution in [3.05, 3.63) is 47.9 Å². The van der Waals surface area contributed by atoms with Crippen LogP contribution in [-0.2, 0) is 6.42 Å². The van der Waals surface area contributed by atoms with Crippen LogP contribution < -0.4 is 4.74 Å². The Morgan fingerprint density at radius 2 is 1.91 bits per heavy atom. The molecule has 3 heteroatoms. The van der Waals surface area contributed by atoms with E-state index in [2.05, 4.69) is 18.8 Å². The van der Waals surface area contributed by atoms with E-state index in [1.54, 1.807) is 12.3 Å².